The molecule has 1 fully saturated rings. The van der Waals surface area contributed by atoms with Crippen molar-refractivity contribution in [2.75, 3.05) is 31.6 Å². The third-order valence-corrected chi connectivity index (χ3v) is 14.8. The lowest BCUT2D eigenvalue weighted by atomic mass is 10.0. The van der Waals surface area contributed by atoms with E-state index in [1.54, 1.807) is 30.3 Å². The molecule has 90 heavy (non-hydrogen) atoms. The highest BCUT2D eigenvalue weighted by Crippen LogP contribution is 2.21. The van der Waals surface area contributed by atoms with Gasteiger partial charge in [-0.05, 0) is 106 Å². The van der Waals surface area contributed by atoms with E-state index in [0.29, 0.717) is 23.3 Å². The number of nitrogens with one attached hydrogen (secondary N) is 9. The predicted octanol–water partition coefficient (Wildman–Crippen LogP) is -3.86. The van der Waals surface area contributed by atoms with Crippen molar-refractivity contribution in [3.8, 4) is 5.75 Å². The Morgan fingerprint density at radius 2 is 1.17 bits per heavy atom. The molecule has 31 nitrogen and oxygen atoms in total. The van der Waals surface area contributed by atoms with Crippen LogP contribution in [0.4, 0.5) is 0 Å². The molecule has 3 rings (SSSR count). The maximum absolute atomic E-state index is 14.6. The lowest BCUT2D eigenvalue weighted by Gasteiger charge is -2.30. The molecule has 1 saturated heterocycles. The number of phenolic OH excluding ortho intramolecular Hbond substituents is 1. The fraction of sp³-hybridized carbons (Fsp3) is 0.552. The second kappa shape index (κ2) is 38.5. The summed E-state index contributed by atoms with van der Waals surface area (Å²) < 4.78 is 0. The number of thioether (sulfide) groups is 1. The number of amides is 12. The number of aromatic hydroxyl groups is 1. The second-order valence-electron chi connectivity index (χ2n) is 22.1. The number of carbonyl (C=O) groups is 14. The lowest BCUT2D eigenvalue weighted by Crippen LogP contribution is -2.60. The normalized spacial score (nSPS) is 15.7. The Morgan fingerprint density at radius 1 is 0.600 bits per heavy atom. The summed E-state index contributed by atoms with van der Waals surface area (Å²) in [5.74, 6) is -13.6. The van der Waals surface area contributed by atoms with Crippen LogP contribution in [0.15, 0.2) is 54.6 Å². The number of unbranched alkanes of at least 4 members (excludes halogenated alkanes) is 1. The Hall–Kier alpha value is -8.91. The number of aliphatic carboxylic acids is 2. The number of rotatable bonds is 40. The molecular formula is C58H86N14O17S. The highest BCUT2D eigenvalue weighted by Gasteiger charge is 2.41. The second-order valence-corrected chi connectivity index (χ2v) is 23.1. The van der Waals surface area contributed by atoms with Crippen LogP contribution < -0.4 is 70.8 Å². The number of nitrogens with zero attached hydrogens (tertiary/aromatic N) is 1. The summed E-state index contributed by atoms with van der Waals surface area (Å²) >= 11 is 1.44. The average molecular weight is 1280 g/mol. The Morgan fingerprint density at radius 3 is 1.74 bits per heavy atom. The van der Waals surface area contributed by atoms with Gasteiger partial charge in [-0.2, -0.15) is 11.8 Å². The van der Waals surface area contributed by atoms with E-state index in [0.717, 1.165) is 4.90 Å². The van der Waals surface area contributed by atoms with E-state index >= 15 is 0 Å². The number of phenols is 1. The molecule has 1 aliphatic rings. The highest BCUT2D eigenvalue weighted by molar-refractivity contribution is 7.98. The number of carboxylic acid groups (broad SMARTS) is 2. The maximum atomic E-state index is 14.6. The van der Waals surface area contributed by atoms with Crippen LogP contribution in [0.3, 0.4) is 0 Å². The molecule has 0 spiro atoms. The summed E-state index contributed by atoms with van der Waals surface area (Å²) in [6.07, 6.45) is -0.189. The van der Waals surface area contributed by atoms with Crippen molar-refractivity contribution < 1.29 is 82.4 Å². The number of benzene rings is 2. The first-order chi connectivity index (χ1) is 42.5. The highest BCUT2D eigenvalue weighted by atomic mass is 32.2. The van der Waals surface area contributed by atoms with Crippen LogP contribution in [0.2, 0.25) is 0 Å². The van der Waals surface area contributed by atoms with Gasteiger partial charge in [0.25, 0.3) is 0 Å². The summed E-state index contributed by atoms with van der Waals surface area (Å²) in [7, 11) is 0. The van der Waals surface area contributed by atoms with E-state index in [2.05, 4.69) is 47.9 Å². The molecule has 0 aromatic heterocycles. The number of nitrogens with two attached hydrogens (primary N) is 4. The third kappa shape index (κ3) is 26.8. The number of likely N-dealkylation sites (tertiary alicyclic amines) is 1. The van der Waals surface area contributed by atoms with Gasteiger partial charge in [0.2, 0.25) is 70.9 Å². The van der Waals surface area contributed by atoms with Crippen molar-refractivity contribution in [2.24, 2.45) is 28.9 Å². The monoisotopic (exact) mass is 1280 g/mol. The van der Waals surface area contributed by atoms with Gasteiger partial charge in [0.05, 0.1) is 25.4 Å². The summed E-state index contributed by atoms with van der Waals surface area (Å²) in [5, 5.41) is 51.1. The van der Waals surface area contributed by atoms with Crippen LogP contribution in [0.5, 0.6) is 5.75 Å². The Balaban J connectivity index is 1.90. The van der Waals surface area contributed by atoms with Crippen LogP contribution in [-0.2, 0) is 80.0 Å². The molecular weight excluding hydrogens is 1200 g/mol. The molecule has 0 bridgehead atoms. The first-order valence-electron chi connectivity index (χ1n) is 29.3. The first kappa shape index (κ1) is 75.3. The third-order valence-electron chi connectivity index (χ3n) is 14.2. The molecule has 0 unspecified atom stereocenters. The number of hydrogen-bond donors (Lipinski definition) is 16. The minimum atomic E-state index is -1.80. The Kier molecular flexibility index (Phi) is 32.2. The average Bonchev–Trinajstić information content (AvgIpc) is 1.73. The molecule has 0 aliphatic carbocycles. The molecule has 2 aromatic carbocycles. The molecule has 496 valence electrons. The van der Waals surface area contributed by atoms with Crippen molar-refractivity contribution in [3.05, 3.63) is 65.7 Å². The Labute approximate surface area is 524 Å². The Bertz CT molecular complexity index is 2830. The van der Waals surface area contributed by atoms with Gasteiger partial charge in [-0.15, -0.1) is 0 Å². The van der Waals surface area contributed by atoms with Crippen molar-refractivity contribution in [3.63, 3.8) is 0 Å². The van der Waals surface area contributed by atoms with Crippen molar-refractivity contribution in [2.45, 2.75) is 165 Å². The van der Waals surface area contributed by atoms with E-state index in [1.807, 2.05) is 20.1 Å². The maximum Gasteiger partial charge on any atom is 0.305 e. The molecule has 1 heterocycles. The van der Waals surface area contributed by atoms with Gasteiger partial charge >= 0.3 is 11.9 Å². The van der Waals surface area contributed by atoms with Crippen LogP contribution in [0, 0.1) is 5.92 Å². The fourth-order valence-electron chi connectivity index (χ4n) is 9.40. The zero-order valence-corrected chi connectivity index (χ0v) is 51.6. The smallest absolute Gasteiger partial charge is 0.305 e. The van der Waals surface area contributed by atoms with E-state index in [4.69, 9.17) is 28.0 Å². The van der Waals surface area contributed by atoms with Gasteiger partial charge in [-0.1, -0.05) is 56.3 Å². The molecule has 2 aromatic rings. The quantitative estimate of drug-likeness (QED) is 0.0284. The molecule has 32 heteroatoms. The van der Waals surface area contributed by atoms with E-state index in [-0.39, 0.29) is 82.5 Å². The minimum Gasteiger partial charge on any atom is -0.508 e. The predicted molar refractivity (Wildman–Crippen MR) is 326 cm³/mol. The van der Waals surface area contributed by atoms with Gasteiger partial charge in [0.15, 0.2) is 0 Å². The van der Waals surface area contributed by atoms with Crippen LogP contribution in [0.1, 0.15) is 103 Å². The van der Waals surface area contributed by atoms with Gasteiger partial charge in [0.1, 0.15) is 60.1 Å². The molecule has 10 atom stereocenters. The van der Waals surface area contributed by atoms with Crippen molar-refractivity contribution in [1.29, 1.82) is 0 Å². The van der Waals surface area contributed by atoms with Crippen molar-refractivity contribution >= 4 is 94.6 Å². The molecule has 1 aliphatic heterocycles. The first-order valence-corrected chi connectivity index (χ1v) is 30.7. The fourth-order valence-corrected chi connectivity index (χ4v) is 9.87. The largest absolute Gasteiger partial charge is 0.508 e. The van der Waals surface area contributed by atoms with E-state index in [1.165, 1.54) is 43.0 Å². The van der Waals surface area contributed by atoms with Gasteiger partial charge < -0.3 is 91.0 Å². The topological polar surface area (TPSA) is 515 Å². The summed E-state index contributed by atoms with van der Waals surface area (Å²) in [6.45, 7) is 4.15. The van der Waals surface area contributed by atoms with Crippen LogP contribution >= 0.6 is 11.8 Å². The summed E-state index contributed by atoms with van der Waals surface area (Å²) in [4.78, 5) is 187. The zero-order chi connectivity index (χ0) is 67.2. The number of hydrogen-bond acceptors (Lipinski definition) is 18. The van der Waals surface area contributed by atoms with Gasteiger partial charge in [-0.3, -0.25) is 67.1 Å². The van der Waals surface area contributed by atoms with Gasteiger partial charge in [0, 0.05) is 25.8 Å². The minimum absolute atomic E-state index is 0.0441. The molecule has 20 N–H and O–H groups in total. The van der Waals surface area contributed by atoms with Crippen LogP contribution in [-0.4, -0.2) is 195 Å². The number of carbonyl (C=O) groups excluding carboxylic acids is 12. The number of carboxylic acids is 2. The van der Waals surface area contributed by atoms with Crippen molar-refractivity contribution in [1.82, 2.24) is 52.8 Å². The van der Waals surface area contributed by atoms with E-state index < -0.39 is 169 Å². The summed E-state index contributed by atoms with van der Waals surface area (Å²) in [6, 6.07) is -0.335. The van der Waals surface area contributed by atoms with Gasteiger partial charge in [-0.25, -0.2) is 0 Å². The lowest BCUT2D eigenvalue weighted by molar-refractivity contribution is -0.146. The van der Waals surface area contributed by atoms with E-state index in [9.17, 15) is 77.3 Å². The molecule has 12 amide bonds. The van der Waals surface area contributed by atoms with Crippen LogP contribution in [0.25, 0.3) is 0 Å². The summed E-state index contributed by atoms with van der Waals surface area (Å²) in [5.41, 5.74) is 23.6. The SMILES string of the molecule is CSCC[C@H](NC(=O)[C@H](CC(C)C)NC(=O)CNC(=O)[C@H](Cc1ccc(O)cc1)NC(=O)[C@H](Cc1ccccc1)NC(=O)[C@H](CCCCN)NC(=O)[C@H](CC(N)=O)NC(=O)[C@@H]1CCCN1C(=O)[C@H](CC(=O)O)NC(=O)[C@H](C)NC(=O)[C@@H](N)CCC(=O)O)C(N)=O. The standard InChI is InChI=1S/C58H86N14O17S/c1-31(2)25-39(54(85)66-37(49(62)80)21-24-90-4)65-46(75)30-63-52(83)40(27-34-15-17-35(73)18-16-34)68-55(86)41(26-33-11-6-5-7-12-33)69-53(84)38(13-8-9-22-59)67-56(87)42(28-45(61)74)70-57(88)44-14-10-23-72(44)58(89)43(29-48(78)79)71-50(81)32(3)64-51(82)36(60)19-20-47(76)77/h5-7,11-12,15-18,31-32,36-44,73H,8-10,13-14,19-30,59-60H2,1-4H3,(H2,61,74)(H2,62,80)(H,63,83)(H,64,82)(H,65,75)(H,66,85)(H,67,87)(H,68,86)(H,69,84)(H,70,88)(H,71,81)(H,76,77)(H,78,79)/t32-,36-,37-,38-,39-,40-,41-,42-,43-,44-/m0/s1. The zero-order valence-electron chi connectivity index (χ0n) is 50.8. The molecule has 0 radical (unpaired) electrons. The number of primary amides is 2. The molecule has 0 saturated carbocycles.